The number of hydrogen-bond donors (Lipinski definition) is 2. The van der Waals surface area contributed by atoms with Gasteiger partial charge in [-0.3, -0.25) is 0 Å². The maximum absolute atomic E-state index is 10.2. The lowest BCUT2D eigenvalue weighted by Crippen LogP contribution is -2.13. The maximum atomic E-state index is 10.2. The maximum Gasteiger partial charge on any atom is 0.143 e. The van der Waals surface area contributed by atoms with Gasteiger partial charge in [-0.15, -0.1) is 0 Å². The minimum Gasteiger partial charge on any atom is -0.495 e. The van der Waals surface area contributed by atoms with Crippen LogP contribution < -0.4 is 10.1 Å². The summed E-state index contributed by atoms with van der Waals surface area (Å²) in [7, 11) is 1.58. The van der Waals surface area contributed by atoms with Gasteiger partial charge >= 0.3 is 0 Å². The molecule has 1 unspecified atom stereocenters. The number of hydrogen-bond acceptors (Lipinski definition) is 3. The fourth-order valence-corrected chi connectivity index (χ4v) is 2.45. The van der Waals surface area contributed by atoms with Gasteiger partial charge in [-0.2, -0.15) is 0 Å². The van der Waals surface area contributed by atoms with Crippen LogP contribution in [0, 0.1) is 6.92 Å². The number of aliphatic hydroxyl groups is 1. The number of ether oxygens (including phenoxy) is 1. The number of aliphatic hydroxyl groups excluding tert-OH is 1. The Hall–Kier alpha value is -1.42. The summed E-state index contributed by atoms with van der Waals surface area (Å²) in [6.45, 7) is 2.23. The van der Waals surface area contributed by atoms with E-state index >= 15 is 0 Å². The first-order valence-corrected chi connectivity index (χ1v) is 7.29. The van der Waals surface area contributed by atoms with Gasteiger partial charge in [0.15, 0.2) is 0 Å². The first-order valence-electron chi connectivity index (χ1n) is 6.53. The third kappa shape index (κ3) is 3.82. The Morgan fingerprint density at radius 2 is 1.90 bits per heavy atom. The van der Waals surface area contributed by atoms with Gasteiger partial charge < -0.3 is 15.2 Å². The molecule has 112 valence electrons. The summed E-state index contributed by atoms with van der Waals surface area (Å²) in [5, 5.41) is 14.6. The zero-order valence-electron chi connectivity index (χ0n) is 11.9. The Kier molecular flexibility index (Phi) is 5.34. The summed E-state index contributed by atoms with van der Waals surface area (Å²) < 4.78 is 5.29. The summed E-state index contributed by atoms with van der Waals surface area (Å²) in [6, 6.07) is 10.9. The molecule has 2 rings (SSSR count). The van der Waals surface area contributed by atoms with Gasteiger partial charge in [0.05, 0.1) is 18.9 Å². The fourth-order valence-electron chi connectivity index (χ4n) is 2.03. The van der Waals surface area contributed by atoms with Crippen molar-refractivity contribution in [3.05, 3.63) is 57.6 Å². The van der Waals surface area contributed by atoms with Crippen molar-refractivity contribution in [1.82, 2.24) is 0 Å². The largest absolute Gasteiger partial charge is 0.495 e. The summed E-state index contributed by atoms with van der Waals surface area (Å²) >= 11 is 12.1. The lowest BCUT2D eigenvalue weighted by molar-refractivity contribution is 0.191. The highest BCUT2D eigenvalue weighted by molar-refractivity contribution is 6.31. The molecule has 0 saturated carbocycles. The Labute approximate surface area is 134 Å². The van der Waals surface area contributed by atoms with Gasteiger partial charge in [-0.1, -0.05) is 41.4 Å². The van der Waals surface area contributed by atoms with E-state index in [2.05, 4.69) is 5.32 Å². The second kappa shape index (κ2) is 7.03. The molecule has 21 heavy (non-hydrogen) atoms. The van der Waals surface area contributed by atoms with Crippen LogP contribution in [-0.4, -0.2) is 18.8 Å². The average Bonchev–Trinajstić information content (AvgIpc) is 2.48. The summed E-state index contributed by atoms with van der Waals surface area (Å²) in [5.74, 6) is 0.636. The number of methoxy groups -OCH3 is 1. The van der Waals surface area contributed by atoms with Crippen molar-refractivity contribution < 1.29 is 9.84 Å². The number of aryl methyl sites for hydroxylation is 1. The second-order valence-corrected chi connectivity index (χ2v) is 5.53. The van der Waals surface area contributed by atoms with E-state index in [1.807, 2.05) is 25.1 Å². The molecule has 3 nitrogen and oxygen atoms in total. The fraction of sp³-hybridized carbons (Fsp3) is 0.250. The average molecular weight is 326 g/mol. The molecule has 0 aromatic heterocycles. The molecule has 0 fully saturated rings. The quantitative estimate of drug-likeness (QED) is 0.852. The molecule has 0 heterocycles. The second-order valence-electron chi connectivity index (χ2n) is 4.72. The molecule has 0 bridgehead atoms. The topological polar surface area (TPSA) is 41.5 Å². The Morgan fingerprint density at radius 1 is 1.19 bits per heavy atom. The zero-order valence-corrected chi connectivity index (χ0v) is 13.4. The van der Waals surface area contributed by atoms with E-state index in [0.29, 0.717) is 27.9 Å². The van der Waals surface area contributed by atoms with Crippen LogP contribution in [0.4, 0.5) is 5.69 Å². The Bertz CT molecular complexity index is 632. The highest BCUT2D eigenvalue weighted by Gasteiger charge is 2.13. The van der Waals surface area contributed by atoms with Gasteiger partial charge in [-0.25, -0.2) is 0 Å². The highest BCUT2D eigenvalue weighted by atomic mass is 35.5. The predicted molar refractivity (Wildman–Crippen MR) is 87.6 cm³/mol. The van der Waals surface area contributed by atoms with Gasteiger partial charge in [-0.05, 0) is 24.6 Å². The van der Waals surface area contributed by atoms with Crippen LogP contribution in [-0.2, 0) is 0 Å². The van der Waals surface area contributed by atoms with Crippen LogP contribution in [0.3, 0.4) is 0 Å². The van der Waals surface area contributed by atoms with E-state index in [-0.39, 0.29) is 0 Å². The molecule has 2 aromatic carbocycles. The van der Waals surface area contributed by atoms with E-state index in [4.69, 9.17) is 27.9 Å². The molecule has 0 aliphatic carbocycles. The highest BCUT2D eigenvalue weighted by Crippen LogP contribution is 2.31. The molecule has 2 aromatic rings. The first-order chi connectivity index (χ1) is 10.0. The third-order valence-corrected chi connectivity index (χ3v) is 3.98. The number of nitrogens with one attached hydrogen (secondary N) is 1. The molecule has 1 atom stereocenters. The predicted octanol–water partition coefficient (Wildman–Crippen LogP) is 4.46. The summed E-state index contributed by atoms with van der Waals surface area (Å²) in [6.07, 6.45) is -0.709. The van der Waals surface area contributed by atoms with Crippen molar-refractivity contribution >= 4 is 28.9 Å². The van der Waals surface area contributed by atoms with Crippen LogP contribution in [0.1, 0.15) is 17.2 Å². The molecule has 5 heteroatoms. The molecule has 0 saturated heterocycles. The number of halogens is 2. The standard InChI is InChI=1S/C16H17Cl2NO2/c1-10-7-14(16(21-2)8-13(10)18)19-9-15(20)11-5-3-4-6-12(11)17/h3-8,15,19-20H,9H2,1-2H3. The lowest BCUT2D eigenvalue weighted by atomic mass is 10.1. The van der Waals surface area contributed by atoms with Crippen LogP contribution >= 0.6 is 23.2 Å². The van der Waals surface area contributed by atoms with Crippen molar-refractivity contribution in [3.8, 4) is 5.75 Å². The van der Waals surface area contributed by atoms with Gasteiger partial charge in [0.1, 0.15) is 5.75 Å². The summed E-state index contributed by atoms with van der Waals surface area (Å²) in [4.78, 5) is 0. The van der Waals surface area contributed by atoms with Crippen molar-refractivity contribution in [1.29, 1.82) is 0 Å². The van der Waals surface area contributed by atoms with Gasteiger partial charge in [0, 0.05) is 28.2 Å². The molecule has 2 N–H and O–H groups in total. The van der Waals surface area contributed by atoms with E-state index in [1.165, 1.54) is 0 Å². The first kappa shape index (κ1) is 16.0. The van der Waals surface area contributed by atoms with Crippen LogP contribution in [0.15, 0.2) is 36.4 Å². The van der Waals surface area contributed by atoms with Gasteiger partial charge in [0.2, 0.25) is 0 Å². The Morgan fingerprint density at radius 3 is 2.57 bits per heavy atom. The van der Waals surface area contributed by atoms with Crippen molar-refractivity contribution in [2.45, 2.75) is 13.0 Å². The van der Waals surface area contributed by atoms with Crippen molar-refractivity contribution in [2.75, 3.05) is 19.0 Å². The van der Waals surface area contributed by atoms with Crippen molar-refractivity contribution in [2.24, 2.45) is 0 Å². The number of anilines is 1. The van der Waals surface area contributed by atoms with E-state index < -0.39 is 6.10 Å². The zero-order chi connectivity index (χ0) is 15.4. The Balaban J connectivity index is 2.13. The molecular weight excluding hydrogens is 309 g/mol. The normalized spacial score (nSPS) is 12.0. The van der Waals surface area contributed by atoms with Crippen LogP contribution in [0.5, 0.6) is 5.75 Å². The summed E-state index contributed by atoms with van der Waals surface area (Å²) in [5.41, 5.74) is 2.41. The molecule has 0 spiro atoms. The van der Waals surface area contributed by atoms with E-state index in [9.17, 15) is 5.11 Å². The molecule has 0 aliphatic heterocycles. The lowest BCUT2D eigenvalue weighted by Gasteiger charge is -2.17. The number of rotatable bonds is 5. The molecular formula is C16H17Cl2NO2. The smallest absolute Gasteiger partial charge is 0.143 e. The minimum absolute atomic E-state index is 0.321. The van der Waals surface area contributed by atoms with Gasteiger partial charge in [0.25, 0.3) is 0 Å². The van der Waals surface area contributed by atoms with E-state index in [1.54, 1.807) is 25.3 Å². The molecule has 0 radical (unpaired) electrons. The van der Waals surface area contributed by atoms with Crippen LogP contribution in [0.25, 0.3) is 0 Å². The monoisotopic (exact) mass is 325 g/mol. The van der Waals surface area contributed by atoms with Crippen molar-refractivity contribution in [3.63, 3.8) is 0 Å². The minimum atomic E-state index is -0.709. The SMILES string of the molecule is COc1cc(Cl)c(C)cc1NCC(O)c1ccccc1Cl. The third-order valence-electron chi connectivity index (χ3n) is 3.23. The molecule has 0 amide bonds. The number of benzene rings is 2. The van der Waals surface area contributed by atoms with Crippen LogP contribution in [0.2, 0.25) is 10.0 Å². The molecule has 0 aliphatic rings. The van der Waals surface area contributed by atoms with E-state index in [0.717, 1.165) is 11.3 Å².